The lowest BCUT2D eigenvalue weighted by Gasteiger charge is -2.28. The summed E-state index contributed by atoms with van der Waals surface area (Å²) in [4.78, 5) is 30.2. The molecule has 1 aromatic heterocycles. The molecule has 0 saturated heterocycles. The number of hydrogen-bond acceptors (Lipinski definition) is 2. The van der Waals surface area contributed by atoms with E-state index in [1.165, 1.54) is 5.56 Å². The molecule has 178 valence electrons. The molecule has 0 unspecified atom stereocenters. The first-order valence-electron chi connectivity index (χ1n) is 12.0. The molecule has 0 bridgehead atoms. The number of nitrogens with zero attached hydrogens (tertiary/aromatic N) is 3. The Hall–Kier alpha value is -3.54. The van der Waals surface area contributed by atoms with Crippen LogP contribution in [-0.4, -0.2) is 38.9 Å². The van der Waals surface area contributed by atoms with Gasteiger partial charge in [-0.05, 0) is 54.2 Å². The van der Waals surface area contributed by atoms with E-state index in [1.54, 1.807) is 4.90 Å². The van der Waals surface area contributed by atoms with Crippen molar-refractivity contribution in [1.29, 1.82) is 0 Å². The number of rotatable bonds is 9. The van der Waals surface area contributed by atoms with Crippen LogP contribution in [-0.2, 0) is 24.9 Å². The highest BCUT2D eigenvalue weighted by molar-refractivity contribution is 5.92. The van der Waals surface area contributed by atoms with Crippen LogP contribution >= 0.6 is 0 Å². The Balaban J connectivity index is 1.47. The molecular formula is C28H34N4O2. The van der Waals surface area contributed by atoms with Crippen LogP contribution in [0.5, 0.6) is 0 Å². The number of carbonyl (C=O) groups excluding carboxylic acids is 2. The highest BCUT2D eigenvalue weighted by Gasteiger charge is 2.35. The van der Waals surface area contributed by atoms with E-state index < -0.39 is 0 Å². The van der Waals surface area contributed by atoms with E-state index in [4.69, 9.17) is 0 Å². The number of carbonyl (C=O) groups is 2. The summed E-state index contributed by atoms with van der Waals surface area (Å²) in [6.07, 6.45) is 3.85. The Morgan fingerprint density at radius 1 is 0.971 bits per heavy atom. The molecule has 0 atom stereocenters. The zero-order chi connectivity index (χ0) is 24.1. The molecule has 34 heavy (non-hydrogen) atoms. The summed E-state index contributed by atoms with van der Waals surface area (Å²) in [6, 6.07) is 21.8. The van der Waals surface area contributed by atoms with Gasteiger partial charge in [-0.15, -0.1) is 0 Å². The van der Waals surface area contributed by atoms with E-state index >= 15 is 0 Å². The molecule has 1 aliphatic carbocycles. The minimum absolute atomic E-state index is 0.0535. The molecule has 1 saturated carbocycles. The molecule has 0 spiro atoms. The van der Waals surface area contributed by atoms with Gasteiger partial charge in [-0.25, -0.2) is 4.79 Å². The topological polar surface area (TPSA) is 57.6 Å². The van der Waals surface area contributed by atoms with E-state index in [9.17, 15) is 9.59 Å². The molecule has 4 rings (SSSR count). The molecular weight excluding hydrogens is 424 g/mol. The van der Waals surface area contributed by atoms with Crippen molar-refractivity contribution in [2.24, 2.45) is 7.05 Å². The van der Waals surface area contributed by atoms with Crippen molar-refractivity contribution < 1.29 is 9.59 Å². The fraction of sp³-hybridized carbons (Fsp3) is 0.357. The van der Waals surface area contributed by atoms with Crippen molar-refractivity contribution in [3.63, 3.8) is 0 Å². The first-order valence-corrected chi connectivity index (χ1v) is 12.0. The second-order valence-electron chi connectivity index (χ2n) is 9.41. The Morgan fingerprint density at radius 3 is 2.26 bits per heavy atom. The number of aryl methyl sites for hydroxylation is 1. The van der Waals surface area contributed by atoms with Gasteiger partial charge in [0.05, 0.1) is 6.54 Å². The smallest absolute Gasteiger partial charge is 0.322 e. The van der Waals surface area contributed by atoms with Crippen molar-refractivity contribution in [2.75, 3.05) is 11.9 Å². The summed E-state index contributed by atoms with van der Waals surface area (Å²) in [7, 11) is 1.98. The van der Waals surface area contributed by atoms with Crippen LogP contribution in [0.25, 0.3) is 0 Å². The number of aromatic nitrogens is 1. The first-order chi connectivity index (χ1) is 16.4. The maximum absolute atomic E-state index is 13.5. The molecule has 1 heterocycles. The average Bonchev–Trinajstić information content (AvgIpc) is 3.59. The lowest BCUT2D eigenvalue weighted by Crippen LogP contribution is -2.45. The largest absolute Gasteiger partial charge is 0.353 e. The van der Waals surface area contributed by atoms with Gasteiger partial charge in [-0.3, -0.25) is 4.79 Å². The number of amides is 3. The predicted octanol–water partition coefficient (Wildman–Crippen LogP) is 5.37. The van der Waals surface area contributed by atoms with Crippen LogP contribution < -0.4 is 5.32 Å². The quantitative estimate of drug-likeness (QED) is 0.468. The van der Waals surface area contributed by atoms with Gasteiger partial charge in [-0.1, -0.05) is 56.3 Å². The molecule has 1 fully saturated rings. The van der Waals surface area contributed by atoms with E-state index in [0.717, 1.165) is 29.8 Å². The second-order valence-corrected chi connectivity index (χ2v) is 9.41. The summed E-state index contributed by atoms with van der Waals surface area (Å²) in [5, 5.41) is 2.99. The van der Waals surface area contributed by atoms with E-state index in [-0.39, 0.29) is 24.5 Å². The predicted molar refractivity (Wildman–Crippen MR) is 135 cm³/mol. The zero-order valence-electron chi connectivity index (χ0n) is 20.3. The van der Waals surface area contributed by atoms with E-state index in [1.807, 2.05) is 89.4 Å². The summed E-state index contributed by atoms with van der Waals surface area (Å²) in [5.41, 5.74) is 4.09. The Morgan fingerprint density at radius 2 is 1.68 bits per heavy atom. The molecule has 3 amide bonds. The van der Waals surface area contributed by atoms with Gasteiger partial charge >= 0.3 is 6.03 Å². The van der Waals surface area contributed by atoms with Crippen LogP contribution in [0.3, 0.4) is 0 Å². The van der Waals surface area contributed by atoms with E-state index in [0.29, 0.717) is 19.0 Å². The third-order valence-corrected chi connectivity index (χ3v) is 6.36. The summed E-state index contributed by atoms with van der Waals surface area (Å²) in [5.74, 6) is 0.382. The summed E-state index contributed by atoms with van der Waals surface area (Å²) < 4.78 is 2.03. The lowest BCUT2D eigenvalue weighted by atomic mass is 10.0. The molecule has 1 N–H and O–H groups in total. The third-order valence-electron chi connectivity index (χ3n) is 6.36. The van der Waals surface area contributed by atoms with Crippen LogP contribution in [0.4, 0.5) is 10.5 Å². The molecule has 0 aliphatic heterocycles. The van der Waals surface area contributed by atoms with Crippen LogP contribution in [0.1, 0.15) is 49.4 Å². The minimum Gasteiger partial charge on any atom is -0.353 e. The van der Waals surface area contributed by atoms with Gasteiger partial charge in [-0.2, -0.15) is 0 Å². The third kappa shape index (κ3) is 6.07. The lowest BCUT2D eigenvalue weighted by molar-refractivity contribution is -0.133. The normalized spacial score (nSPS) is 13.1. The highest BCUT2D eigenvalue weighted by atomic mass is 16.2. The van der Waals surface area contributed by atoms with Crippen molar-refractivity contribution in [3.05, 3.63) is 89.7 Å². The first kappa shape index (κ1) is 23.6. The number of urea groups is 1. The average molecular weight is 459 g/mol. The van der Waals surface area contributed by atoms with Gasteiger partial charge in [0.1, 0.15) is 6.54 Å². The Bertz CT molecular complexity index is 1100. The van der Waals surface area contributed by atoms with Gasteiger partial charge < -0.3 is 19.7 Å². The van der Waals surface area contributed by atoms with E-state index in [2.05, 4.69) is 19.2 Å². The standard InChI is InChI=1S/C28H34N4O2/c1-21(2)23-11-13-24(14-12-23)29-28(34)32(25-15-16-25)20-27(33)31(18-22-8-5-4-6-9-22)19-26-10-7-17-30(26)3/h4-14,17,21,25H,15-16,18-20H2,1-3H3,(H,29,34). The second kappa shape index (κ2) is 10.6. The monoisotopic (exact) mass is 458 g/mol. The highest BCUT2D eigenvalue weighted by Crippen LogP contribution is 2.28. The number of anilines is 1. The van der Waals surface area contributed by atoms with Crippen molar-refractivity contribution >= 4 is 17.6 Å². The number of hydrogen-bond donors (Lipinski definition) is 1. The molecule has 6 heteroatoms. The minimum atomic E-state index is -0.216. The SMILES string of the molecule is CC(C)c1ccc(NC(=O)N(CC(=O)N(Cc2ccccc2)Cc2cccn2C)C2CC2)cc1. The van der Waals surface area contributed by atoms with Gasteiger partial charge in [0.2, 0.25) is 5.91 Å². The Labute approximate surface area is 202 Å². The number of benzene rings is 2. The van der Waals surface area contributed by atoms with Gasteiger partial charge in [0.15, 0.2) is 0 Å². The fourth-order valence-electron chi connectivity index (χ4n) is 4.04. The van der Waals surface area contributed by atoms with Crippen molar-refractivity contribution in [1.82, 2.24) is 14.4 Å². The van der Waals surface area contributed by atoms with Gasteiger partial charge in [0, 0.05) is 37.2 Å². The maximum atomic E-state index is 13.5. The summed E-state index contributed by atoms with van der Waals surface area (Å²) in [6.45, 7) is 5.35. The van der Waals surface area contributed by atoms with Crippen molar-refractivity contribution in [3.8, 4) is 0 Å². The maximum Gasteiger partial charge on any atom is 0.322 e. The fourth-order valence-corrected chi connectivity index (χ4v) is 4.04. The van der Waals surface area contributed by atoms with Crippen LogP contribution in [0.2, 0.25) is 0 Å². The van der Waals surface area contributed by atoms with Crippen molar-refractivity contribution in [2.45, 2.75) is 51.7 Å². The Kier molecular flexibility index (Phi) is 7.36. The van der Waals surface area contributed by atoms with Crippen LogP contribution in [0.15, 0.2) is 72.9 Å². The van der Waals surface area contributed by atoms with Gasteiger partial charge in [0.25, 0.3) is 0 Å². The molecule has 0 radical (unpaired) electrons. The van der Waals surface area contributed by atoms with Crippen LogP contribution in [0, 0.1) is 0 Å². The zero-order valence-corrected chi connectivity index (χ0v) is 20.3. The number of nitrogens with one attached hydrogen (secondary N) is 1. The molecule has 6 nitrogen and oxygen atoms in total. The molecule has 2 aromatic carbocycles. The summed E-state index contributed by atoms with van der Waals surface area (Å²) >= 11 is 0. The molecule has 3 aromatic rings. The molecule has 1 aliphatic rings.